The number of hydrogen-bond acceptors (Lipinski definition) is 4. The van der Waals surface area contributed by atoms with E-state index in [0.29, 0.717) is 12.3 Å². The predicted octanol–water partition coefficient (Wildman–Crippen LogP) is 2.82. The van der Waals surface area contributed by atoms with Crippen LogP contribution in [0.3, 0.4) is 0 Å². The van der Waals surface area contributed by atoms with Crippen LogP contribution in [0.5, 0.6) is 0 Å². The summed E-state index contributed by atoms with van der Waals surface area (Å²) in [5, 5.41) is 33.2. The lowest BCUT2D eigenvalue weighted by atomic mass is 9.68. The molecule has 3 aliphatic carbocycles. The minimum Gasteiger partial charge on any atom is -0.390 e. The van der Waals surface area contributed by atoms with Crippen LogP contribution in [-0.2, 0) is 4.74 Å². The fourth-order valence-electron chi connectivity index (χ4n) is 5.57. The van der Waals surface area contributed by atoms with Crippen molar-refractivity contribution in [1.82, 2.24) is 0 Å². The smallest absolute Gasteiger partial charge is 0.109 e. The second kappa shape index (κ2) is 6.49. The van der Waals surface area contributed by atoms with E-state index < -0.39 is 17.8 Å². The van der Waals surface area contributed by atoms with Crippen molar-refractivity contribution >= 4 is 0 Å². The van der Waals surface area contributed by atoms with Gasteiger partial charge < -0.3 is 20.1 Å². The Bertz CT molecular complexity index is 593. The van der Waals surface area contributed by atoms with Crippen molar-refractivity contribution in [2.24, 2.45) is 23.2 Å². The molecule has 0 amide bonds. The lowest BCUT2D eigenvalue weighted by Gasteiger charge is -2.41. The van der Waals surface area contributed by atoms with Crippen molar-refractivity contribution < 1.29 is 20.1 Å². The number of methoxy groups -OCH3 is 1. The quantitative estimate of drug-likeness (QED) is 0.685. The molecule has 142 valence electrons. The van der Waals surface area contributed by atoms with E-state index in [4.69, 9.17) is 4.74 Å². The van der Waals surface area contributed by atoms with Crippen LogP contribution in [0.15, 0.2) is 22.8 Å². The molecule has 0 aromatic heterocycles. The first kappa shape index (κ1) is 19.1. The van der Waals surface area contributed by atoms with Gasteiger partial charge >= 0.3 is 0 Å². The van der Waals surface area contributed by atoms with Gasteiger partial charge in [-0.15, -0.1) is 0 Å². The number of allylic oxidation sites excluding steroid dienone is 2. The zero-order valence-corrected chi connectivity index (χ0v) is 16.2. The third-order valence-electron chi connectivity index (χ3n) is 7.03. The predicted molar refractivity (Wildman–Crippen MR) is 98.0 cm³/mol. The molecule has 3 aliphatic rings. The Labute approximate surface area is 151 Å². The zero-order valence-electron chi connectivity index (χ0n) is 16.2. The van der Waals surface area contributed by atoms with Gasteiger partial charge in [0.1, 0.15) is 11.7 Å². The van der Waals surface area contributed by atoms with E-state index >= 15 is 0 Å². The minimum atomic E-state index is -0.954. The summed E-state index contributed by atoms with van der Waals surface area (Å²) in [7, 11) is 1.62. The van der Waals surface area contributed by atoms with Crippen LogP contribution < -0.4 is 0 Å². The summed E-state index contributed by atoms with van der Waals surface area (Å²) in [5.41, 5.74) is 2.01. The van der Waals surface area contributed by atoms with Crippen LogP contribution in [0.4, 0.5) is 0 Å². The molecule has 6 atom stereocenters. The van der Waals surface area contributed by atoms with Crippen LogP contribution in [-0.4, -0.2) is 46.8 Å². The summed E-state index contributed by atoms with van der Waals surface area (Å²) in [4.78, 5) is 0. The maximum Gasteiger partial charge on any atom is 0.109 e. The van der Waals surface area contributed by atoms with E-state index in [0.717, 1.165) is 30.4 Å². The zero-order chi connectivity index (χ0) is 18.6. The van der Waals surface area contributed by atoms with Crippen LogP contribution >= 0.6 is 0 Å². The molecule has 0 bridgehead atoms. The Balaban J connectivity index is 2.18. The molecule has 0 aromatic rings. The van der Waals surface area contributed by atoms with Crippen LogP contribution in [0.25, 0.3) is 0 Å². The first-order chi connectivity index (χ1) is 11.6. The van der Waals surface area contributed by atoms with Gasteiger partial charge in [0.25, 0.3) is 0 Å². The largest absolute Gasteiger partial charge is 0.390 e. The summed E-state index contributed by atoms with van der Waals surface area (Å²) in [6, 6.07) is 0. The molecule has 0 radical (unpaired) electrons. The van der Waals surface area contributed by atoms with Gasteiger partial charge in [-0.05, 0) is 54.6 Å². The van der Waals surface area contributed by atoms with Gasteiger partial charge in [0.2, 0.25) is 0 Å². The second-order valence-electron chi connectivity index (χ2n) is 9.02. The molecule has 0 heterocycles. The third-order valence-corrected chi connectivity index (χ3v) is 7.03. The average molecular weight is 350 g/mol. The molecule has 25 heavy (non-hydrogen) atoms. The second-order valence-corrected chi connectivity index (χ2v) is 9.02. The number of ether oxygens (including phenoxy) is 1. The topological polar surface area (TPSA) is 69.9 Å². The molecule has 0 unspecified atom stereocenters. The van der Waals surface area contributed by atoms with Crippen LogP contribution in [0.2, 0.25) is 0 Å². The number of fused-ring (bicyclic) bond motifs is 2. The third kappa shape index (κ3) is 2.91. The van der Waals surface area contributed by atoms with Crippen molar-refractivity contribution in [3.63, 3.8) is 0 Å². The number of hydrogen-bond donors (Lipinski definition) is 3. The van der Waals surface area contributed by atoms with Gasteiger partial charge in [-0.3, -0.25) is 0 Å². The number of rotatable bonds is 3. The normalized spacial score (nSPS) is 46.5. The molecule has 0 aliphatic heterocycles. The van der Waals surface area contributed by atoms with E-state index in [2.05, 4.69) is 26.8 Å². The summed E-state index contributed by atoms with van der Waals surface area (Å²) in [6.45, 7) is 8.74. The Kier molecular flexibility index (Phi) is 4.95. The summed E-state index contributed by atoms with van der Waals surface area (Å²) in [6.07, 6.45) is 3.93. The molecule has 0 aromatic carbocycles. The summed E-state index contributed by atoms with van der Waals surface area (Å²) < 4.78 is 5.32. The molecule has 0 spiro atoms. The van der Waals surface area contributed by atoms with E-state index in [1.165, 1.54) is 5.57 Å². The number of aliphatic hydroxyl groups excluding tert-OH is 2. The standard InChI is InChI=1S/C21H34O4/c1-12(2)14-6-8-20(4)10-16-15(7-9-21(16,24)11-25-5)13(3)18(22)19(23)17(14)20/h10,12-13,15,18-19,22-24H,6-9,11H2,1-5H3/b16-10+/t13-,15+,18-,19+,20-,21+/m1/s1. The van der Waals surface area contributed by atoms with Gasteiger partial charge in [0, 0.05) is 12.5 Å². The fourth-order valence-corrected chi connectivity index (χ4v) is 5.57. The Morgan fingerprint density at radius 3 is 2.56 bits per heavy atom. The van der Waals surface area contributed by atoms with Gasteiger partial charge in [-0.1, -0.05) is 39.3 Å². The maximum atomic E-state index is 11.2. The van der Waals surface area contributed by atoms with Gasteiger partial charge in [-0.25, -0.2) is 0 Å². The maximum absolute atomic E-state index is 11.2. The van der Waals surface area contributed by atoms with Gasteiger partial charge in [0.05, 0.1) is 12.7 Å². The highest BCUT2D eigenvalue weighted by atomic mass is 16.5. The molecule has 1 saturated carbocycles. The average Bonchev–Trinajstić information content (AvgIpc) is 3.04. The van der Waals surface area contributed by atoms with E-state index in [1.54, 1.807) is 7.11 Å². The highest BCUT2D eigenvalue weighted by molar-refractivity contribution is 5.42. The molecule has 4 heteroatoms. The number of aliphatic hydroxyl groups is 3. The van der Waals surface area contributed by atoms with Crippen molar-refractivity contribution in [3.8, 4) is 0 Å². The van der Waals surface area contributed by atoms with E-state index in [9.17, 15) is 15.3 Å². The van der Waals surface area contributed by atoms with Crippen molar-refractivity contribution in [2.75, 3.05) is 13.7 Å². The molecule has 4 nitrogen and oxygen atoms in total. The SMILES string of the molecule is COC[C@@]1(O)CC[C@@H]2/C1=C\[C@@]1(C)CCC(C(C)C)=C1[C@H](O)[C@H](O)[C@@H]2C. The molecule has 0 saturated heterocycles. The monoisotopic (exact) mass is 350 g/mol. The van der Waals surface area contributed by atoms with E-state index in [1.807, 2.05) is 6.92 Å². The van der Waals surface area contributed by atoms with Crippen LogP contribution in [0.1, 0.15) is 53.4 Å². The molecular formula is C21H34O4. The van der Waals surface area contributed by atoms with Crippen LogP contribution in [0, 0.1) is 23.2 Å². The van der Waals surface area contributed by atoms with Gasteiger partial charge in [0.15, 0.2) is 0 Å². The molecule has 1 fully saturated rings. The van der Waals surface area contributed by atoms with Gasteiger partial charge in [-0.2, -0.15) is 0 Å². The Morgan fingerprint density at radius 1 is 1.28 bits per heavy atom. The molecule has 3 N–H and O–H groups in total. The van der Waals surface area contributed by atoms with E-state index in [-0.39, 0.29) is 23.9 Å². The highest BCUT2D eigenvalue weighted by Crippen LogP contribution is 2.55. The Hall–Kier alpha value is -0.680. The minimum absolute atomic E-state index is 0.0891. The molecular weight excluding hydrogens is 316 g/mol. The van der Waals surface area contributed by atoms with Crippen molar-refractivity contribution in [3.05, 3.63) is 22.8 Å². The lowest BCUT2D eigenvalue weighted by Crippen LogP contribution is -2.44. The highest BCUT2D eigenvalue weighted by Gasteiger charge is 2.52. The fraction of sp³-hybridized carbons (Fsp3) is 0.810. The summed E-state index contributed by atoms with van der Waals surface area (Å²) in [5.74, 6) is 0.341. The first-order valence-electron chi connectivity index (χ1n) is 9.68. The lowest BCUT2D eigenvalue weighted by molar-refractivity contribution is -0.0213. The first-order valence-corrected chi connectivity index (χ1v) is 9.68. The molecule has 3 rings (SSSR count). The summed E-state index contributed by atoms with van der Waals surface area (Å²) >= 11 is 0. The van der Waals surface area contributed by atoms with Crippen molar-refractivity contribution in [1.29, 1.82) is 0 Å². The van der Waals surface area contributed by atoms with Crippen molar-refractivity contribution in [2.45, 2.75) is 71.2 Å². The Morgan fingerprint density at radius 2 is 1.96 bits per heavy atom.